The molecular weight excluding hydrogens is 484 g/mol. The lowest BCUT2D eigenvalue weighted by molar-refractivity contribution is -0.162. The van der Waals surface area contributed by atoms with Gasteiger partial charge in [0.2, 0.25) is 11.8 Å². The molecule has 4 rings (SSSR count). The summed E-state index contributed by atoms with van der Waals surface area (Å²) in [6, 6.07) is 3.68. The topological polar surface area (TPSA) is 105 Å². The molecule has 1 aromatic rings. The van der Waals surface area contributed by atoms with Gasteiger partial charge in [-0.1, -0.05) is 50.9 Å². The van der Waals surface area contributed by atoms with E-state index in [1.165, 1.54) is 4.90 Å². The van der Waals surface area contributed by atoms with E-state index in [0.29, 0.717) is 23.6 Å². The molecule has 8 nitrogen and oxygen atoms in total. The van der Waals surface area contributed by atoms with Gasteiger partial charge in [0, 0.05) is 0 Å². The van der Waals surface area contributed by atoms with Gasteiger partial charge in [-0.15, -0.1) is 0 Å². The summed E-state index contributed by atoms with van der Waals surface area (Å²) >= 11 is 6.41. The molecule has 3 aliphatic rings. The van der Waals surface area contributed by atoms with Gasteiger partial charge in [0.25, 0.3) is 0 Å². The van der Waals surface area contributed by atoms with E-state index in [1.807, 2.05) is 40.7 Å². The van der Waals surface area contributed by atoms with Crippen LogP contribution in [0.2, 0.25) is 5.02 Å². The number of anilines is 1. The molecule has 2 bridgehead atoms. The molecule has 2 amide bonds. The van der Waals surface area contributed by atoms with Crippen LogP contribution in [0.5, 0.6) is 0 Å². The van der Waals surface area contributed by atoms with Crippen molar-refractivity contribution in [3.8, 4) is 0 Å². The Morgan fingerprint density at radius 1 is 1.36 bits per heavy atom. The second-order valence-corrected chi connectivity index (χ2v) is 11.2. The predicted octanol–water partition coefficient (Wildman–Crippen LogP) is 3.57. The third-order valence-corrected chi connectivity index (χ3v) is 9.17. The molecule has 36 heavy (non-hydrogen) atoms. The van der Waals surface area contributed by atoms with Crippen molar-refractivity contribution in [2.24, 2.45) is 23.7 Å². The van der Waals surface area contributed by atoms with Gasteiger partial charge in [0.05, 0.1) is 41.5 Å². The monoisotopic (exact) mass is 520 g/mol. The number of carbonyl (C=O) groups excluding carboxylic acids is 3. The minimum Gasteiger partial charge on any atom is -0.466 e. The van der Waals surface area contributed by atoms with E-state index in [2.05, 4.69) is 5.32 Å². The number of hydrogen-bond donors (Lipinski definition) is 2. The maximum atomic E-state index is 14.2. The highest BCUT2D eigenvalue weighted by Gasteiger charge is 2.80. The van der Waals surface area contributed by atoms with E-state index < -0.39 is 47.0 Å². The highest BCUT2D eigenvalue weighted by molar-refractivity contribution is 6.34. The van der Waals surface area contributed by atoms with Crippen LogP contribution in [0, 0.1) is 30.6 Å². The normalized spacial score (nSPS) is 34.4. The van der Waals surface area contributed by atoms with Gasteiger partial charge < -0.3 is 24.8 Å². The smallest absolute Gasteiger partial charge is 0.312 e. The second kappa shape index (κ2) is 9.62. The van der Waals surface area contributed by atoms with Gasteiger partial charge in [-0.25, -0.2) is 0 Å². The van der Waals surface area contributed by atoms with Crippen LogP contribution in [0.25, 0.3) is 0 Å². The van der Waals surface area contributed by atoms with E-state index in [0.717, 1.165) is 5.56 Å². The first-order valence-electron chi connectivity index (χ1n) is 12.8. The molecule has 1 aromatic carbocycles. The number of aliphatic hydroxyl groups is 1. The Bertz CT molecular complexity index is 1040. The zero-order valence-corrected chi connectivity index (χ0v) is 22.6. The van der Waals surface area contributed by atoms with Gasteiger partial charge in [-0.05, 0) is 50.7 Å². The summed E-state index contributed by atoms with van der Waals surface area (Å²) in [6.07, 6.45) is 1.13. The Labute approximate surface area is 217 Å². The molecule has 1 spiro atoms. The van der Waals surface area contributed by atoms with Crippen LogP contribution in [0.1, 0.15) is 53.0 Å². The quantitative estimate of drug-likeness (QED) is 0.508. The number of hydrogen-bond acceptors (Lipinski definition) is 6. The van der Waals surface area contributed by atoms with Crippen LogP contribution in [0.3, 0.4) is 0 Å². The number of ether oxygens (including phenoxy) is 2. The maximum absolute atomic E-state index is 14.2. The Kier molecular flexibility index (Phi) is 7.18. The molecule has 198 valence electrons. The van der Waals surface area contributed by atoms with Crippen LogP contribution in [-0.4, -0.2) is 64.3 Å². The maximum Gasteiger partial charge on any atom is 0.312 e. The highest BCUT2D eigenvalue weighted by Crippen LogP contribution is 2.65. The van der Waals surface area contributed by atoms with Crippen molar-refractivity contribution in [1.29, 1.82) is 0 Å². The van der Waals surface area contributed by atoms with Crippen molar-refractivity contribution < 1.29 is 29.0 Å². The fourth-order valence-electron chi connectivity index (χ4n) is 6.72. The first kappa shape index (κ1) is 26.9. The Morgan fingerprint density at radius 3 is 2.64 bits per heavy atom. The summed E-state index contributed by atoms with van der Waals surface area (Å²) in [5.74, 6) is -3.17. The minimum atomic E-state index is -1.22. The summed E-state index contributed by atoms with van der Waals surface area (Å²) in [4.78, 5) is 43.0. The van der Waals surface area contributed by atoms with Crippen molar-refractivity contribution in [3.05, 3.63) is 28.8 Å². The van der Waals surface area contributed by atoms with Crippen molar-refractivity contribution in [3.63, 3.8) is 0 Å². The van der Waals surface area contributed by atoms with Crippen molar-refractivity contribution >= 4 is 35.1 Å². The molecule has 2 N–H and O–H groups in total. The average molecular weight is 521 g/mol. The summed E-state index contributed by atoms with van der Waals surface area (Å²) < 4.78 is 12.1. The van der Waals surface area contributed by atoms with Gasteiger partial charge in [-0.2, -0.15) is 0 Å². The van der Waals surface area contributed by atoms with E-state index in [9.17, 15) is 19.5 Å². The number of amides is 2. The van der Waals surface area contributed by atoms with E-state index in [1.54, 1.807) is 19.1 Å². The van der Waals surface area contributed by atoms with Gasteiger partial charge in [0.15, 0.2) is 0 Å². The average Bonchev–Trinajstić information content (AvgIpc) is 3.34. The molecule has 3 fully saturated rings. The number of rotatable bonds is 8. The number of nitrogens with one attached hydrogen (secondary N) is 1. The zero-order valence-electron chi connectivity index (χ0n) is 21.8. The largest absolute Gasteiger partial charge is 0.466 e. The molecule has 9 heteroatoms. The number of likely N-dealkylation sites (tertiary alicyclic amines) is 1. The van der Waals surface area contributed by atoms with Crippen LogP contribution < -0.4 is 5.32 Å². The van der Waals surface area contributed by atoms with Crippen LogP contribution in [-0.2, 0) is 23.9 Å². The number of aliphatic hydroxyl groups excluding tert-OH is 1. The first-order chi connectivity index (χ1) is 17.0. The third-order valence-electron chi connectivity index (χ3n) is 8.86. The number of para-hydroxylation sites is 1. The third kappa shape index (κ3) is 3.75. The molecule has 0 saturated carbocycles. The zero-order chi connectivity index (χ0) is 26.6. The van der Waals surface area contributed by atoms with Gasteiger partial charge >= 0.3 is 5.97 Å². The lowest BCUT2D eigenvalue weighted by atomic mass is 9.62. The van der Waals surface area contributed by atoms with E-state index >= 15 is 0 Å². The van der Waals surface area contributed by atoms with E-state index in [4.69, 9.17) is 21.1 Å². The van der Waals surface area contributed by atoms with Crippen molar-refractivity contribution in [2.45, 2.75) is 77.7 Å². The molecule has 0 aliphatic carbocycles. The van der Waals surface area contributed by atoms with Crippen LogP contribution in [0.4, 0.5) is 5.69 Å². The standard InChI is InChI=1S/C27H37ClN2O6/c1-7-14(3)18(13-31)30-22(23(32)29-21-15(4)10-9-11-17(21)28)27-12-16(5)26(6,36-27)20(19(27)24(30)33)25(34)35-8-2/h9-11,14,16,18-20,22,31H,7-8,12-13H2,1-6H3,(H,29,32)/t14-,16?,18-,19-,20-,22?,26+,27?/m0/s1. The Hall–Kier alpha value is -2.16. The number of nitrogens with zero attached hydrogens (tertiary/aromatic N) is 1. The summed E-state index contributed by atoms with van der Waals surface area (Å²) in [7, 11) is 0. The molecular formula is C27H37ClN2O6. The summed E-state index contributed by atoms with van der Waals surface area (Å²) in [5, 5.41) is 13.7. The number of halogens is 1. The molecule has 3 heterocycles. The lowest BCUT2D eigenvalue weighted by Gasteiger charge is -2.39. The first-order valence-corrected chi connectivity index (χ1v) is 13.2. The Morgan fingerprint density at radius 2 is 2.06 bits per heavy atom. The Balaban J connectivity index is 1.85. The number of aryl methyl sites for hydroxylation is 1. The number of fused-ring (bicyclic) bond motifs is 1. The fourth-order valence-corrected chi connectivity index (χ4v) is 6.99. The number of esters is 1. The van der Waals surface area contributed by atoms with Crippen molar-refractivity contribution in [1.82, 2.24) is 4.90 Å². The minimum absolute atomic E-state index is 0.0854. The summed E-state index contributed by atoms with van der Waals surface area (Å²) in [6.45, 7) is 11.2. The van der Waals surface area contributed by atoms with Gasteiger partial charge in [0.1, 0.15) is 17.6 Å². The van der Waals surface area contributed by atoms with Crippen molar-refractivity contribution in [2.75, 3.05) is 18.5 Å². The summed E-state index contributed by atoms with van der Waals surface area (Å²) in [5.41, 5.74) is -0.914. The van der Waals surface area contributed by atoms with Crippen LogP contribution >= 0.6 is 11.6 Å². The van der Waals surface area contributed by atoms with E-state index in [-0.39, 0.29) is 31.0 Å². The lowest BCUT2D eigenvalue weighted by Crippen LogP contribution is -2.57. The molecule has 0 radical (unpaired) electrons. The second-order valence-electron chi connectivity index (χ2n) is 10.8. The predicted molar refractivity (Wildman–Crippen MR) is 135 cm³/mol. The molecule has 3 saturated heterocycles. The SMILES string of the molecule is CCOC(=O)[C@@H]1[C@H]2C(=O)N([C@@H](CO)[C@@H](C)CC)C(C(=O)Nc3c(C)cccc3Cl)C23CC(C)[C@@]1(C)O3. The fraction of sp³-hybridized carbons (Fsp3) is 0.667. The molecule has 3 unspecified atom stereocenters. The molecule has 3 aliphatic heterocycles. The molecule has 0 aromatic heterocycles. The van der Waals surface area contributed by atoms with Gasteiger partial charge in [-0.3, -0.25) is 14.4 Å². The molecule has 8 atom stereocenters. The van der Waals surface area contributed by atoms with Crippen LogP contribution in [0.15, 0.2) is 18.2 Å². The number of benzene rings is 1. The number of carbonyl (C=O) groups is 3. The highest BCUT2D eigenvalue weighted by atomic mass is 35.5.